The SMILES string of the molecule is Fc1c(F)c(F)c(-c2c(F)c(F)c([CH2][Tl])c(F)c2F)c(F)c1F. The minimum absolute atomic E-state index is 0.108. The molecule has 10 heteroatoms. The van der Waals surface area contributed by atoms with Gasteiger partial charge in [0.15, 0.2) is 0 Å². The molecular formula is C13H2F9Tl. The molecule has 0 aliphatic heterocycles. The van der Waals surface area contributed by atoms with E-state index in [1.54, 1.807) is 0 Å². The molecule has 0 radical (unpaired) electrons. The Hall–Kier alpha value is -1.27. The summed E-state index contributed by atoms with van der Waals surface area (Å²) < 4.78 is 121. The van der Waals surface area contributed by atoms with E-state index < -0.39 is 69.0 Å². The van der Waals surface area contributed by atoms with Crippen molar-refractivity contribution >= 4 is 25.8 Å². The second-order valence-corrected chi connectivity index (χ2v) is 5.85. The van der Waals surface area contributed by atoms with Crippen molar-refractivity contribution in [3.8, 4) is 11.1 Å². The maximum atomic E-state index is 13.9. The van der Waals surface area contributed by atoms with Crippen LogP contribution in [0.4, 0.5) is 39.5 Å². The molecule has 0 saturated heterocycles. The molecule has 0 spiro atoms. The first-order chi connectivity index (χ1) is 10.6. The van der Waals surface area contributed by atoms with Crippen LogP contribution in [-0.4, -0.2) is 25.8 Å². The van der Waals surface area contributed by atoms with Crippen molar-refractivity contribution in [3.05, 3.63) is 57.9 Å². The fourth-order valence-corrected chi connectivity index (χ4v) is 3.29. The van der Waals surface area contributed by atoms with Gasteiger partial charge in [-0.25, -0.2) is 0 Å². The van der Waals surface area contributed by atoms with E-state index in [9.17, 15) is 39.5 Å². The fraction of sp³-hybridized carbons (Fsp3) is 0.0769. The summed E-state index contributed by atoms with van der Waals surface area (Å²) in [4.78, 5) is 0. The quantitative estimate of drug-likeness (QED) is 0.234. The number of hydrogen-bond acceptors (Lipinski definition) is 0. The minimum atomic E-state index is -2.58. The van der Waals surface area contributed by atoms with Crippen molar-refractivity contribution in [1.29, 1.82) is 0 Å². The zero-order chi connectivity index (χ0) is 17.6. The third-order valence-corrected chi connectivity index (χ3v) is 4.61. The molecule has 0 aliphatic rings. The Labute approximate surface area is 138 Å². The Morgan fingerprint density at radius 2 is 0.696 bits per heavy atom. The number of halogens is 9. The number of benzene rings is 2. The van der Waals surface area contributed by atoms with E-state index in [1.165, 1.54) is 0 Å². The van der Waals surface area contributed by atoms with Crippen LogP contribution in [-0.2, 0) is 3.98 Å². The van der Waals surface area contributed by atoms with Crippen LogP contribution < -0.4 is 0 Å². The van der Waals surface area contributed by atoms with Crippen molar-refractivity contribution in [2.45, 2.75) is 3.98 Å². The van der Waals surface area contributed by atoms with Gasteiger partial charge in [0.25, 0.3) is 0 Å². The average molecular weight is 534 g/mol. The third-order valence-electron chi connectivity index (χ3n) is 3.02. The topological polar surface area (TPSA) is 0 Å². The first-order valence-electron chi connectivity index (χ1n) is 5.71. The third kappa shape index (κ3) is 2.62. The molecule has 120 valence electrons. The van der Waals surface area contributed by atoms with Gasteiger partial charge in [-0.2, -0.15) is 0 Å². The summed E-state index contributed by atoms with van der Waals surface area (Å²) >= 11 is -0.108. The Bertz CT molecular complexity index is 758. The van der Waals surface area contributed by atoms with Gasteiger partial charge >= 0.3 is 138 Å². The van der Waals surface area contributed by atoms with Gasteiger partial charge in [0.05, 0.1) is 0 Å². The zero-order valence-corrected chi connectivity index (χ0v) is 15.2. The van der Waals surface area contributed by atoms with Crippen molar-refractivity contribution in [1.82, 2.24) is 0 Å². The van der Waals surface area contributed by atoms with Crippen LogP contribution in [0.15, 0.2) is 0 Å². The second-order valence-electron chi connectivity index (χ2n) is 4.26. The maximum absolute atomic E-state index is 13.9. The summed E-state index contributed by atoms with van der Waals surface area (Å²) in [5, 5.41) is 0. The zero-order valence-electron chi connectivity index (χ0n) is 10.7. The molecule has 2 aromatic rings. The van der Waals surface area contributed by atoms with Crippen molar-refractivity contribution < 1.29 is 39.5 Å². The van der Waals surface area contributed by atoms with Crippen LogP contribution >= 0.6 is 0 Å². The number of hydrogen-bond donors (Lipinski definition) is 0. The summed E-state index contributed by atoms with van der Waals surface area (Å²) in [6, 6.07) is 0. The van der Waals surface area contributed by atoms with Crippen LogP contribution in [0, 0.1) is 52.4 Å². The normalized spacial score (nSPS) is 11.1. The van der Waals surface area contributed by atoms with Gasteiger partial charge in [-0.05, 0) is 0 Å². The van der Waals surface area contributed by atoms with E-state index >= 15 is 0 Å². The van der Waals surface area contributed by atoms with Gasteiger partial charge < -0.3 is 0 Å². The van der Waals surface area contributed by atoms with E-state index in [1.807, 2.05) is 0 Å². The molecule has 23 heavy (non-hydrogen) atoms. The molecule has 0 amide bonds. The summed E-state index contributed by atoms with van der Waals surface area (Å²) in [6.07, 6.45) is 0. The Balaban J connectivity index is 3.01. The molecule has 0 atom stereocenters. The van der Waals surface area contributed by atoms with Crippen molar-refractivity contribution in [3.63, 3.8) is 0 Å². The average Bonchev–Trinajstić information content (AvgIpc) is 2.53. The van der Waals surface area contributed by atoms with Crippen LogP contribution in [0.25, 0.3) is 11.1 Å². The van der Waals surface area contributed by atoms with Crippen LogP contribution in [0.3, 0.4) is 0 Å². The Kier molecular flexibility index (Phi) is 4.97. The summed E-state index contributed by atoms with van der Waals surface area (Å²) in [5.41, 5.74) is -5.05. The van der Waals surface area contributed by atoms with Gasteiger partial charge in [0.2, 0.25) is 0 Å². The van der Waals surface area contributed by atoms with Crippen LogP contribution in [0.1, 0.15) is 5.56 Å². The van der Waals surface area contributed by atoms with Gasteiger partial charge in [0.1, 0.15) is 0 Å². The van der Waals surface area contributed by atoms with Gasteiger partial charge in [-0.15, -0.1) is 0 Å². The van der Waals surface area contributed by atoms with Crippen LogP contribution in [0.2, 0.25) is 0 Å². The Morgan fingerprint density at radius 3 is 1.00 bits per heavy atom. The molecule has 0 heterocycles. The van der Waals surface area contributed by atoms with Crippen molar-refractivity contribution in [2.24, 2.45) is 0 Å². The predicted molar refractivity (Wildman–Crippen MR) is 61.0 cm³/mol. The monoisotopic (exact) mass is 534 g/mol. The standard InChI is InChI=1S/C13H2F9.Tl/c1-2-5(14)7(16)3(8(17)6(2)15)4-9(18)11(20)13(22)12(21)10(4)19;/h1H2;. The first-order valence-corrected chi connectivity index (χ1v) is 8.89. The molecule has 0 aliphatic carbocycles. The molecule has 0 N–H and O–H groups in total. The predicted octanol–water partition coefficient (Wildman–Crippen LogP) is 4.27. The molecule has 0 bridgehead atoms. The fourth-order valence-electron chi connectivity index (χ4n) is 1.90. The van der Waals surface area contributed by atoms with Gasteiger partial charge in [-0.3, -0.25) is 0 Å². The first kappa shape index (κ1) is 18.1. The van der Waals surface area contributed by atoms with E-state index in [0.717, 1.165) is 0 Å². The molecule has 2 rings (SSSR count). The molecule has 0 fully saturated rings. The molecule has 0 saturated carbocycles. The Morgan fingerprint density at radius 1 is 0.435 bits per heavy atom. The van der Waals surface area contributed by atoms with E-state index in [0.29, 0.717) is 0 Å². The molecule has 0 unspecified atom stereocenters. The van der Waals surface area contributed by atoms with Gasteiger partial charge in [-0.1, -0.05) is 0 Å². The molecule has 0 nitrogen and oxygen atoms in total. The molecule has 0 aromatic heterocycles. The van der Waals surface area contributed by atoms with E-state index in [-0.39, 0.29) is 29.7 Å². The second kappa shape index (κ2) is 6.32. The van der Waals surface area contributed by atoms with Gasteiger partial charge in [0, 0.05) is 0 Å². The molecular weight excluding hydrogens is 532 g/mol. The number of rotatable bonds is 2. The molecule has 2 aromatic carbocycles. The van der Waals surface area contributed by atoms with Crippen molar-refractivity contribution in [2.75, 3.05) is 0 Å². The summed E-state index contributed by atoms with van der Waals surface area (Å²) in [6.45, 7) is 0. The van der Waals surface area contributed by atoms with Crippen LogP contribution in [0.5, 0.6) is 0 Å². The van der Waals surface area contributed by atoms with E-state index in [4.69, 9.17) is 0 Å². The van der Waals surface area contributed by atoms with E-state index in [2.05, 4.69) is 0 Å². The summed E-state index contributed by atoms with van der Waals surface area (Å²) in [5.74, 6) is -21.1. The summed E-state index contributed by atoms with van der Waals surface area (Å²) in [7, 11) is 0.